The lowest BCUT2D eigenvalue weighted by molar-refractivity contribution is 0.344. The van der Waals surface area contributed by atoms with Crippen LogP contribution < -0.4 is 11.1 Å². The minimum absolute atomic E-state index is 0.282. The number of para-hydroxylation sites is 2. The lowest BCUT2D eigenvalue weighted by Crippen LogP contribution is -2.32. The van der Waals surface area contributed by atoms with Crippen molar-refractivity contribution >= 4 is 11.4 Å². The summed E-state index contributed by atoms with van der Waals surface area (Å²) in [4.78, 5) is 2.09. The predicted molar refractivity (Wildman–Crippen MR) is 57.6 cm³/mol. The number of anilines is 2. The average Bonchev–Trinajstić information content (AvgIpc) is 2.08. The topological polar surface area (TPSA) is 41.3 Å². The van der Waals surface area contributed by atoms with Gasteiger partial charge in [0.05, 0.1) is 17.5 Å². The summed E-state index contributed by atoms with van der Waals surface area (Å²) in [5.74, 6) is 0. The zero-order valence-electron chi connectivity index (χ0n) is 8.41. The van der Waals surface area contributed by atoms with Crippen LogP contribution in [-0.4, -0.2) is 25.2 Å². The number of benzene rings is 1. The minimum atomic E-state index is 0.282. The summed E-state index contributed by atoms with van der Waals surface area (Å²) in [6.07, 6.45) is 0.282. The van der Waals surface area contributed by atoms with Crippen LogP contribution in [0.5, 0.6) is 0 Å². The molecule has 0 fully saturated rings. The van der Waals surface area contributed by atoms with Crippen molar-refractivity contribution in [2.75, 3.05) is 25.1 Å². The second-order valence-electron chi connectivity index (χ2n) is 3.37. The molecule has 1 atom stereocenters. The largest absolute Gasteiger partial charge is 0.397 e. The fraction of sp³-hybridized carbons (Fsp3) is 0.400. The zero-order chi connectivity index (χ0) is 9.84. The molecule has 0 saturated carbocycles. The van der Waals surface area contributed by atoms with E-state index in [0.717, 1.165) is 11.4 Å². The maximum Gasteiger partial charge on any atom is 0.0760 e. The molecule has 0 aromatic heterocycles. The molecule has 0 spiro atoms. The van der Waals surface area contributed by atoms with Gasteiger partial charge in [0.1, 0.15) is 0 Å². The molecule has 0 saturated heterocycles. The van der Waals surface area contributed by atoms with E-state index >= 15 is 0 Å². The number of nitrogen functional groups attached to an aromatic ring is 1. The van der Waals surface area contributed by atoms with E-state index < -0.39 is 0 Å². The molecule has 1 unspecified atom stereocenters. The summed E-state index contributed by atoms with van der Waals surface area (Å²) in [5, 5.41) is 3.31. The first-order chi connectivity index (χ1) is 6.11. The third-order valence-electron chi connectivity index (χ3n) is 2.10. The van der Waals surface area contributed by atoms with E-state index in [2.05, 4.69) is 17.1 Å². The molecule has 1 aromatic carbocycles. The van der Waals surface area contributed by atoms with E-state index in [-0.39, 0.29) is 6.17 Å². The van der Waals surface area contributed by atoms with Crippen molar-refractivity contribution in [2.45, 2.75) is 13.1 Å². The second-order valence-corrected chi connectivity index (χ2v) is 3.37. The SMILES string of the molecule is CC(Nc1ccccc1N)N(C)C. The number of hydrogen-bond donors (Lipinski definition) is 2. The lowest BCUT2D eigenvalue weighted by atomic mass is 10.2. The molecule has 13 heavy (non-hydrogen) atoms. The number of nitrogens with zero attached hydrogens (tertiary/aromatic N) is 1. The molecule has 0 heterocycles. The minimum Gasteiger partial charge on any atom is -0.397 e. The fourth-order valence-electron chi connectivity index (χ4n) is 0.983. The van der Waals surface area contributed by atoms with E-state index in [4.69, 9.17) is 5.73 Å². The first-order valence-corrected chi connectivity index (χ1v) is 4.38. The van der Waals surface area contributed by atoms with Crippen molar-refractivity contribution in [1.29, 1.82) is 0 Å². The van der Waals surface area contributed by atoms with Gasteiger partial charge in [0.25, 0.3) is 0 Å². The van der Waals surface area contributed by atoms with Crippen LogP contribution in [0.3, 0.4) is 0 Å². The quantitative estimate of drug-likeness (QED) is 0.547. The maximum atomic E-state index is 5.79. The van der Waals surface area contributed by atoms with Gasteiger partial charge in [-0.05, 0) is 33.2 Å². The van der Waals surface area contributed by atoms with Crippen LogP contribution >= 0.6 is 0 Å². The molecular weight excluding hydrogens is 162 g/mol. The summed E-state index contributed by atoms with van der Waals surface area (Å²) in [7, 11) is 4.05. The highest BCUT2D eigenvalue weighted by molar-refractivity contribution is 5.65. The molecule has 3 heteroatoms. The Kier molecular flexibility index (Phi) is 3.14. The first kappa shape index (κ1) is 9.86. The van der Waals surface area contributed by atoms with Crippen molar-refractivity contribution in [3.63, 3.8) is 0 Å². The summed E-state index contributed by atoms with van der Waals surface area (Å²) < 4.78 is 0. The Balaban J connectivity index is 2.69. The average molecular weight is 179 g/mol. The number of hydrogen-bond acceptors (Lipinski definition) is 3. The molecule has 1 rings (SSSR count). The Morgan fingerprint density at radius 2 is 1.92 bits per heavy atom. The Morgan fingerprint density at radius 3 is 2.46 bits per heavy atom. The van der Waals surface area contributed by atoms with Gasteiger partial charge in [-0.3, -0.25) is 4.90 Å². The molecule has 3 nitrogen and oxygen atoms in total. The van der Waals surface area contributed by atoms with Crippen molar-refractivity contribution in [3.8, 4) is 0 Å². The number of nitrogens with one attached hydrogen (secondary N) is 1. The van der Waals surface area contributed by atoms with Crippen LogP contribution in [0, 0.1) is 0 Å². The summed E-state index contributed by atoms with van der Waals surface area (Å²) >= 11 is 0. The molecule has 3 N–H and O–H groups in total. The Bertz CT molecular complexity index is 271. The maximum absolute atomic E-state index is 5.79. The fourth-order valence-corrected chi connectivity index (χ4v) is 0.983. The molecule has 0 aliphatic carbocycles. The van der Waals surface area contributed by atoms with Crippen molar-refractivity contribution in [3.05, 3.63) is 24.3 Å². The molecule has 0 amide bonds. The molecular formula is C10H17N3. The third kappa shape index (κ3) is 2.63. The molecule has 0 aliphatic rings. The monoisotopic (exact) mass is 179 g/mol. The van der Waals surface area contributed by atoms with E-state index in [0.29, 0.717) is 0 Å². The van der Waals surface area contributed by atoms with Gasteiger partial charge in [0.15, 0.2) is 0 Å². The summed E-state index contributed by atoms with van der Waals surface area (Å²) in [6.45, 7) is 2.09. The van der Waals surface area contributed by atoms with Crippen molar-refractivity contribution in [1.82, 2.24) is 4.90 Å². The van der Waals surface area contributed by atoms with Gasteiger partial charge in [-0.1, -0.05) is 12.1 Å². The zero-order valence-corrected chi connectivity index (χ0v) is 8.41. The number of nitrogens with two attached hydrogens (primary N) is 1. The summed E-state index contributed by atoms with van der Waals surface area (Å²) in [6, 6.07) is 7.78. The normalized spacial score (nSPS) is 12.9. The van der Waals surface area contributed by atoms with E-state index in [1.807, 2.05) is 38.4 Å². The first-order valence-electron chi connectivity index (χ1n) is 4.38. The predicted octanol–water partition coefficient (Wildman–Crippen LogP) is 1.59. The Morgan fingerprint density at radius 1 is 1.31 bits per heavy atom. The van der Waals surface area contributed by atoms with Crippen LogP contribution in [0.15, 0.2) is 24.3 Å². The van der Waals surface area contributed by atoms with Gasteiger partial charge >= 0.3 is 0 Å². The molecule has 0 bridgehead atoms. The van der Waals surface area contributed by atoms with Crippen LogP contribution in [-0.2, 0) is 0 Å². The van der Waals surface area contributed by atoms with Gasteiger partial charge in [0.2, 0.25) is 0 Å². The third-order valence-corrected chi connectivity index (χ3v) is 2.10. The van der Waals surface area contributed by atoms with Gasteiger partial charge in [-0.2, -0.15) is 0 Å². The molecule has 1 aromatic rings. The highest BCUT2D eigenvalue weighted by Gasteiger charge is 2.04. The van der Waals surface area contributed by atoms with E-state index in [9.17, 15) is 0 Å². The molecule has 72 valence electrons. The summed E-state index contributed by atoms with van der Waals surface area (Å²) in [5.41, 5.74) is 7.57. The second kappa shape index (κ2) is 4.14. The van der Waals surface area contributed by atoms with Gasteiger partial charge in [-0.25, -0.2) is 0 Å². The standard InChI is InChI=1S/C10H17N3/c1-8(13(2)3)12-10-7-5-4-6-9(10)11/h4-8,12H,11H2,1-3H3. The Hall–Kier alpha value is -1.22. The van der Waals surface area contributed by atoms with Gasteiger partial charge in [0, 0.05) is 0 Å². The number of rotatable bonds is 3. The molecule has 0 radical (unpaired) electrons. The van der Waals surface area contributed by atoms with Crippen molar-refractivity contribution in [2.24, 2.45) is 0 Å². The van der Waals surface area contributed by atoms with E-state index in [1.165, 1.54) is 0 Å². The van der Waals surface area contributed by atoms with Crippen LogP contribution in [0.2, 0.25) is 0 Å². The lowest BCUT2D eigenvalue weighted by Gasteiger charge is -2.22. The van der Waals surface area contributed by atoms with Crippen LogP contribution in [0.1, 0.15) is 6.92 Å². The smallest absolute Gasteiger partial charge is 0.0760 e. The van der Waals surface area contributed by atoms with Gasteiger partial charge in [-0.15, -0.1) is 0 Å². The highest BCUT2D eigenvalue weighted by atomic mass is 15.2. The van der Waals surface area contributed by atoms with Crippen LogP contribution in [0.25, 0.3) is 0 Å². The van der Waals surface area contributed by atoms with E-state index in [1.54, 1.807) is 0 Å². The van der Waals surface area contributed by atoms with Crippen LogP contribution in [0.4, 0.5) is 11.4 Å². The van der Waals surface area contributed by atoms with Gasteiger partial charge < -0.3 is 11.1 Å². The Labute approximate surface area is 79.5 Å². The molecule has 0 aliphatic heterocycles. The van der Waals surface area contributed by atoms with Crippen molar-refractivity contribution < 1.29 is 0 Å². The highest BCUT2D eigenvalue weighted by Crippen LogP contribution is 2.17.